The van der Waals surface area contributed by atoms with Gasteiger partial charge in [0, 0.05) is 11.1 Å². The number of hydrogen-bond donors (Lipinski definition) is 5. The summed E-state index contributed by atoms with van der Waals surface area (Å²) in [6.45, 7) is 0. The zero-order valence-electron chi connectivity index (χ0n) is 18.0. The van der Waals surface area contributed by atoms with Gasteiger partial charge in [-0.3, -0.25) is 0 Å². The van der Waals surface area contributed by atoms with Crippen molar-refractivity contribution >= 4 is 23.3 Å². The average Bonchev–Trinajstić information content (AvgIpc) is 3.22. The van der Waals surface area contributed by atoms with Crippen LogP contribution in [0.1, 0.15) is 31.2 Å². The van der Waals surface area contributed by atoms with Crippen LogP contribution in [0.15, 0.2) is 58.6 Å². The van der Waals surface area contributed by atoms with Gasteiger partial charge in [-0.25, -0.2) is 4.99 Å². The highest BCUT2D eigenvalue weighted by Crippen LogP contribution is 2.29. The summed E-state index contributed by atoms with van der Waals surface area (Å²) in [6, 6.07) is 14.4. The standard InChI is InChI=1S/C22H26N10O/c23-19-18(31-32-21(25)28-19)14-5-9-16(10-6-14)33-15-7-3-13(4-8-15)17(30-27)20(24)29-22(26)11-1-2-12-22/h3-10H,1-2,11-12,26-27H2,(H2,24,29)(H4,23,25,28,32)/b30-17-. The minimum atomic E-state index is -0.645. The van der Waals surface area contributed by atoms with Crippen molar-refractivity contribution < 1.29 is 4.74 Å². The van der Waals surface area contributed by atoms with Crippen molar-refractivity contribution in [1.29, 1.82) is 0 Å². The maximum Gasteiger partial charge on any atom is 0.242 e. The van der Waals surface area contributed by atoms with E-state index >= 15 is 0 Å². The van der Waals surface area contributed by atoms with Crippen molar-refractivity contribution in [3.63, 3.8) is 0 Å². The van der Waals surface area contributed by atoms with Gasteiger partial charge in [-0.05, 0) is 74.2 Å². The van der Waals surface area contributed by atoms with Crippen LogP contribution in [-0.2, 0) is 0 Å². The molecule has 1 aliphatic rings. The normalized spacial score (nSPS) is 16.0. The van der Waals surface area contributed by atoms with E-state index in [0.717, 1.165) is 31.2 Å². The number of hydrogen-bond acceptors (Lipinski definition) is 10. The number of nitrogens with two attached hydrogens (primary N) is 5. The molecule has 1 fully saturated rings. The van der Waals surface area contributed by atoms with E-state index in [2.05, 4.69) is 25.3 Å². The van der Waals surface area contributed by atoms with E-state index in [1.807, 2.05) is 24.3 Å². The molecular weight excluding hydrogens is 420 g/mol. The summed E-state index contributed by atoms with van der Waals surface area (Å²) in [7, 11) is 0. The Morgan fingerprint density at radius 2 is 1.52 bits per heavy atom. The average molecular weight is 447 g/mol. The van der Waals surface area contributed by atoms with Gasteiger partial charge in [0.15, 0.2) is 5.82 Å². The molecule has 0 bridgehead atoms. The van der Waals surface area contributed by atoms with Crippen LogP contribution in [0.5, 0.6) is 11.5 Å². The molecule has 0 spiro atoms. The molecule has 1 aliphatic carbocycles. The zero-order valence-corrected chi connectivity index (χ0v) is 18.0. The molecule has 1 heterocycles. The van der Waals surface area contributed by atoms with Crippen molar-refractivity contribution in [2.75, 3.05) is 11.5 Å². The maximum absolute atomic E-state index is 6.30. The Balaban J connectivity index is 1.46. The first-order valence-corrected chi connectivity index (χ1v) is 10.4. The Hall–Kier alpha value is -4.25. The fourth-order valence-electron chi connectivity index (χ4n) is 3.74. The second kappa shape index (κ2) is 9.09. The molecule has 4 rings (SSSR count). The molecule has 0 radical (unpaired) electrons. The lowest BCUT2D eigenvalue weighted by atomic mass is 10.1. The number of rotatable bonds is 6. The van der Waals surface area contributed by atoms with Crippen molar-refractivity contribution in [2.45, 2.75) is 31.3 Å². The van der Waals surface area contributed by atoms with E-state index < -0.39 is 5.66 Å². The van der Waals surface area contributed by atoms with Gasteiger partial charge in [-0.15, -0.1) is 10.2 Å². The SMILES string of the molecule is N/N=C(\C(N)=NC1(N)CCCC1)c1ccc(Oc2ccc(-c3nnc(N)nc3N)cc2)cc1. The van der Waals surface area contributed by atoms with E-state index in [9.17, 15) is 0 Å². The van der Waals surface area contributed by atoms with Crippen LogP contribution in [0, 0.1) is 0 Å². The summed E-state index contributed by atoms with van der Waals surface area (Å²) in [5.74, 6) is 7.30. The van der Waals surface area contributed by atoms with Crippen molar-refractivity contribution in [1.82, 2.24) is 15.2 Å². The van der Waals surface area contributed by atoms with Gasteiger partial charge in [0.2, 0.25) is 5.95 Å². The Kier molecular flexibility index (Phi) is 6.05. The molecule has 11 nitrogen and oxygen atoms in total. The number of aliphatic imine (C=N–C) groups is 1. The van der Waals surface area contributed by atoms with Gasteiger partial charge in [-0.2, -0.15) is 10.1 Å². The molecule has 0 saturated heterocycles. The molecule has 0 atom stereocenters. The van der Waals surface area contributed by atoms with Crippen LogP contribution in [-0.4, -0.2) is 32.4 Å². The number of nitrogen functional groups attached to an aromatic ring is 2. The topological polar surface area (TPSA) is 203 Å². The summed E-state index contributed by atoms with van der Waals surface area (Å²) < 4.78 is 5.92. The first-order valence-electron chi connectivity index (χ1n) is 10.4. The number of hydrazone groups is 1. The molecule has 11 heteroatoms. The summed E-state index contributed by atoms with van der Waals surface area (Å²) in [6.07, 6.45) is 3.66. The Morgan fingerprint density at radius 3 is 2.09 bits per heavy atom. The van der Waals surface area contributed by atoms with Crippen LogP contribution in [0.2, 0.25) is 0 Å². The van der Waals surface area contributed by atoms with Crippen LogP contribution >= 0.6 is 0 Å². The second-order valence-electron chi connectivity index (χ2n) is 7.84. The Bertz CT molecular complexity index is 1180. The van der Waals surface area contributed by atoms with Gasteiger partial charge in [0.25, 0.3) is 0 Å². The van der Waals surface area contributed by atoms with Crippen LogP contribution < -0.4 is 33.5 Å². The lowest BCUT2D eigenvalue weighted by Crippen LogP contribution is -2.39. The molecule has 0 aliphatic heterocycles. The van der Waals surface area contributed by atoms with Crippen LogP contribution in [0.25, 0.3) is 11.3 Å². The third kappa shape index (κ3) is 4.99. The third-order valence-electron chi connectivity index (χ3n) is 5.41. The van der Waals surface area contributed by atoms with Crippen LogP contribution in [0.4, 0.5) is 11.8 Å². The molecule has 1 saturated carbocycles. The highest BCUT2D eigenvalue weighted by molar-refractivity contribution is 6.47. The lowest BCUT2D eigenvalue weighted by Gasteiger charge is -2.19. The van der Waals surface area contributed by atoms with Crippen LogP contribution in [0.3, 0.4) is 0 Å². The predicted molar refractivity (Wildman–Crippen MR) is 128 cm³/mol. The highest BCUT2D eigenvalue weighted by atomic mass is 16.5. The van der Waals surface area contributed by atoms with E-state index in [4.69, 9.17) is 33.5 Å². The minimum absolute atomic E-state index is 0.0246. The highest BCUT2D eigenvalue weighted by Gasteiger charge is 2.29. The maximum atomic E-state index is 6.30. The summed E-state index contributed by atoms with van der Waals surface area (Å²) in [4.78, 5) is 8.41. The van der Waals surface area contributed by atoms with E-state index in [-0.39, 0.29) is 17.6 Å². The number of aromatic nitrogens is 3. The molecule has 0 amide bonds. The summed E-state index contributed by atoms with van der Waals surface area (Å²) in [5.41, 5.74) is 25.5. The lowest BCUT2D eigenvalue weighted by molar-refractivity contribution is 0.463. The molecule has 170 valence electrons. The van der Waals surface area contributed by atoms with Crippen molar-refractivity contribution in [2.24, 2.45) is 27.4 Å². The molecule has 10 N–H and O–H groups in total. The van der Waals surface area contributed by atoms with Gasteiger partial charge < -0.3 is 33.5 Å². The second-order valence-corrected chi connectivity index (χ2v) is 7.84. The molecule has 3 aromatic rings. The number of anilines is 2. The van der Waals surface area contributed by atoms with E-state index in [1.54, 1.807) is 24.3 Å². The Labute approximate surface area is 190 Å². The Morgan fingerprint density at radius 1 is 0.909 bits per heavy atom. The van der Waals surface area contributed by atoms with E-state index in [0.29, 0.717) is 28.5 Å². The molecule has 0 unspecified atom stereocenters. The van der Waals surface area contributed by atoms with Gasteiger partial charge in [0.1, 0.15) is 34.4 Å². The van der Waals surface area contributed by atoms with Gasteiger partial charge >= 0.3 is 0 Å². The molecular formula is C22H26N10O. The molecule has 33 heavy (non-hydrogen) atoms. The number of benzene rings is 2. The monoisotopic (exact) mass is 446 g/mol. The fraction of sp³-hybridized carbons (Fsp3) is 0.227. The van der Waals surface area contributed by atoms with E-state index in [1.165, 1.54) is 0 Å². The number of nitrogens with zero attached hydrogens (tertiary/aromatic N) is 5. The third-order valence-corrected chi connectivity index (χ3v) is 5.41. The number of amidine groups is 1. The van der Waals surface area contributed by atoms with Crippen molar-refractivity contribution in [3.8, 4) is 22.8 Å². The first kappa shape index (κ1) is 22.0. The largest absolute Gasteiger partial charge is 0.457 e. The summed E-state index contributed by atoms with van der Waals surface area (Å²) in [5, 5.41) is 11.6. The molecule has 2 aromatic carbocycles. The van der Waals surface area contributed by atoms with Gasteiger partial charge in [0.05, 0.1) is 0 Å². The quantitative estimate of drug-likeness (QED) is 0.162. The summed E-state index contributed by atoms with van der Waals surface area (Å²) >= 11 is 0. The fourth-order valence-corrected chi connectivity index (χ4v) is 3.74. The van der Waals surface area contributed by atoms with Crippen molar-refractivity contribution in [3.05, 3.63) is 54.1 Å². The predicted octanol–water partition coefficient (Wildman–Crippen LogP) is 1.74. The zero-order chi connectivity index (χ0) is 23.4. The minimum Gasteiger partial charge on any atom is -0.457 e. The van der Waals surface area contributed by atoms with Gasteiger partial charge in [-0.1, -0.05) is 0 Å². The molecule has 1 aromatic heterocycles. The number of ether oxygens (including phenoxy) is 1. The first-order chi connectivity index (χ1) is 15.9. The smallest absolute Gasteiger partial charge is 0.242 e.